The molecule has 3 N–H and O–H groups in total. The van der Waals surface area contributed by atoms with Crippen LogP contribution < -0.4 is 5.32 Å². The highest BCUT2D eigenvalue weighted by atomic mass is 35.5. The van der Waals surface area contributed by atoms with Crippen molar-refractivity contribution in [1.82, 2.24) is 15.5 Å². The molecular weight excluding hydrogens is 302 g/mol. The van der Waals surface area contributed by atoms with Crippen LogP contribution in [0.1, 0.15) is 22.1 Å². The van der Waals surface area contributed by atoms with Gasteiger partial charge in [0.25, 0.3) is 5.91 Å². The van der Waals surface area contributed by atoms with E-state index < -0.39 is 6.04 Å². The third kappa shape index (κ3) is 2.81. The highest BCUT2D eigenvalue weighted by Crippen LogP contribution is 2.19. The molecule has 0 aliphatic rings. The van der Waals surface area contributed by atoms with Gasteiger partial charge in [0.15, 0.2) is 5.69 Å². The summed E-state index contributed by atoms with van der Waals surface area (Å²) < 4.78 is 0. The fourth-order valence-corrected chi connectivity index (χ4v) is 2.42. The lowest BCUT2D eigenvalue weighted by Gasteiger charge is -2.16. The summed E-state index contributed by atoms with van der Waals surface area (Å²) in [4.78, 5) is 12.4. The molecule has 3 rings (SSSR count). The molecule has 0 aliphatic carbocycles. The molecule has 6 heteroatoms. The number of halogens is 1. The average Bonchev–Trinajstić information content (AvgIpc) is 2.97. The van der Waals surface area contributed by atoms with E-state index in [1.807, 2.05) is 24.3 Å². The molecular formula is C16H14ClN3O2. The van der Waals surface area contributed by atoms with Crippen LogP contribution >= 0.6 is 11.6 Å². The van der Waals surface area contributed by atoms with Crippen molar-refractivity contribution >= 4 is 28.4 Å². The number of H-pyrrole nitrogens is 1. The van der Waals surface area contributed by atoms with E-state index >= 15 is 0 Å². The summed E-state index contributed by atoms with van der Waals surface area (Å²) in [5, 5.41) is 20.5. The maximum Gasteiger partial charge on any atom is 0.272 e. The lowest BCUT2D eigenvalue weighted by molar-refractivity contribution is 0.0912. The topological polar surface area (TPSA) is 78.0 Å². The zero-order valence-electron chi connectivity index (χ0n) is 11.6. The van der Waals surface area contributed by atoms with Crippen molar-refractivity contribution in [2.45, 2.75) is 6.04 Å². The largest absolute Gasteiger partial charge is 0.394 e. The molecule has 1 atom stereocenters. The molecule has 1 aromatic heterocycles. The molecule has 0 saturated carbocycles. The smallest absolute Gasteiger partial charge is 0.272 e. The van der Waals surface area contributed by atoms with E-state index in [2.05, 4.69) is 15.5 Å². The summed E-state index contributed by atoms with van der Waals surface area (Å²) in [6.45, 7) is -0.213. The number of nitrogens with one attached hydrogen (secondary N) is 2. The predicted molar refractivity (Wildman–Crippen MR) is 84.8 cm³/mol. The zero-order valence-corrected chi connectivity index (χ0v) is 12.3. The number of carbonyl (C=O) groups is 1. The number of aromatic amines is 1. The lowest BCUT2D eigenvalue weighted by Crippen LogP contribution is -2.31. The summed E-state index contributed by atoms with van der Waals surface area (Å²) in [5.74, 6) is -0.341. The molecule has 0 aliphatic heterocycles. The van der Waals surface area contributed by atoms with Gasteiger partial charge in [0.1, 0.15) is 0 Å². The molecule has 0 saturated heterocycles. The number of nitrogens with zero attached hydrogens (tertiary/aromatic N) is 1. The van der Waals surface area contributed by atoms with E-state index in [0.717, 1.165) is 16.5 Å². The summed E-state index contributed by atoms with van der Waals surface area (Å²) in [6.07, 6.45) is 0. The molecule has 3 aromatic rings. The Morgan fingerprint density at radius 3 is 2.68 bits per heavy atom. The lowest BCUT2D eigenvalue weighted by atomic mass is 10.1. The Labute approximate surface area is 131 Å². The van der Waals surface area contributed by atoms with Crippen molar-refractivity contribution in [2.75, 3.05) is 6.61 Å². The zero-order chi connectivity index (χ0) is 15.5. The minimum absolute atomic E-state index is 0.213. The van der Waals surface area contributed by atoms with Crippen LogP contribution in [0.4, 0.5) is 0 Å². The number of aliphatic hydroxyl groups is 1. The second kappa shape index (κ2) is 6.17. The van der Waals surface area contributed by atoms with Gasteiger partial charge in [0, 0.05) is 10.4 Å². The SMILES string of the molecule is O=C(NC(CO)c1ccc(Cl)cc1)c1n[nH]c2ccccc12. The Bertz CT molecular complexity index is 799. The van der Waals surface area contributed by atoms with Crippen molar-refractivity contribution in [2.24, 2.45) is 0 Å². The Hall–Kier alpha value is -2.37. The number of benzene rings is 2. The van der Waals surface area contributed by atoms with Crippen LogP contribution in [0, 0.1) is 0 Å². The van der Waals surface area contributed by atoms with E-state index in [1.54, 1.807) is 24.3 Å². The Morgan fingerprint density at radius 1 is 1.23 bits per heavy atom. The summed E-state index contributed by atoms with van der Waals surface area (Å²) in [6, 6.07) is 13.8. The van der Waals surface area contributed by atoms with Gasteiger partial charge in [-0.1, -0.05) is 41.9 Å². The minimum atomic E-state index is -0.514. The number of fused-ring (bicyclic) bond motifs is 1. The van der Waals surface area contributed by atoms with Gasteiger partial charge in [0.05, 0.1) is 18.2 Å². The van der Waals surface area contributed by atoms with Gasteiger partial charge < -0.3 is 10.4 Å². The maximum atomic E-state index is 12.4. The fraction of sp³-hybridized carbons (Fsp3) is 0.125. The normalized spacial score (nSPS) is 12.3. The molecule has 0 bridgehead atoms. The van der Waals surface area contributed by atoms with Crippen LogP contribution in [0.2, 0.25) is 5.02 Å². The van der Waals surface area contributed by atoms with E-state index in [9.17, 15) is 9.90 Å². The van der Waals surface area contributed by atoms with Gasteiger partial charge in [-0.3, -0.25) is 9.89 Å². The van der Waals surface area contributed by atoms with Crippen molar-refractivity contribution in [3.63, 3.8) is 0 Å². The number of para-hydroxylation sites is 1. The van der Waals surface area contributed by atoms with Crippen molar-refractivity contribution in [1.29, 1.82) is 0 Å². The van der Waals surface area contributed by atoms with Crippen LogP contribution in [0.5, 0.6) is 0 Å². The third-order valence-electron chi connectivity index (χ3n) is 3.45. The Morgan fingerprint density at radius 2 is 1.95 bits per heavy atom. The highest BCUT2D eigenvalue weighted by Gasteiger charge is 2.18. The second-order valence-electron chi connectivity index (χ2n) is 4.88. The number of aromatic nitrogens is 2. The quantitative estimate of drug-likeness (QED) is 0.692. The van der Waals surface area contributed by atoms with E-state index in [4.69, 9.17) is 11.6 Å². The highest BCUT2D eigenvalue weighted by molar-refractivity contribution is 6.30. The molecule has 1 amide bonds. The van der Waals surface area contributed by atoms with Crippen LogP contribution in [-0.2, 0) is 0 Å². The first-order valence-corrected chi connectivity index (χ1v) is 7.17. The van der Waals surface area contributed by atoms with Crippen molar-refractivity contribution < 1.29 is 9.90 Å². The Kier molecular flexibility index (Phi) is 4.09. The predicted octanol–water partition coefficient (Wildman–Crippen LogP) is 2.68. The summed E-state index contributed by atoms with van der Waals surface area (Å²) >= 11 is 5.85. The molecule has 0 fully saturated rings. The van der Waals surface area contributed by atoms with Crippen molar-refractivity contribution in [3.05, 3.63) is 64.8 Å². The number of hydrogen-bond acceptors (Lipinski definition) is 3. The fourth-order valence-electron chi connectivity index (χ4n) is 2.29. The van der Waals surface area contributed by atoms with Gasteiger partial charge >= 0.3 is 0 Å². The molecule has 22 heavy (non-hydrogen) atoms. The van der Waals surface area contributed by atoms with E-state index in [1.165, 1.54) is 0 Å². The first-order chi connectivity index (χ1) is 10.7. The summed E-state index contributed by atoms with van der Waals surface area (Å²) in [7, 11) is 0. The van der Waals surface area contributed by atoms with Crippen LogP contribution in [0.15, 0.2) is 48.5 Å². The first kappa shape index (κ1) is 14.6. The standard InChI is InChI=1S/C16H14ClN3O2/c17-11-7-5-10(6-8-11)14(9-21)18-16(22)15-12-3-1-2-4-13(12)19-20-15/h1-8,14,21H,9H2,(H,18,22)(H,19,20). The Balaban J connectivity index is 1.84. The molecule has 2 aromatic carbocycles. The molecule has 1 heterocycles. The van der Waals surface area contributed by atoms with E-state index in [-0.39, 0.29) is 12.5 Å². The van der Waals surface area contributed by atoms with E-state index in [0.29, 0.717) is 10.7 Å². The summed E-state index contributed by atoms with van der Waals surface area (Å²) in [5.41, 5.74) is 1.88. The van der Waals surface area contributed by atoms with Crippen LogP contribution in [-0.4, -0.2) is 27.8 Å². The van der Waals surface area contributed by atoms with Crippen molar-refractivity contribution in [3.8, 4) is 0 Å². The monoisotopic (exact) mass is 315 g/mol. The van der Waals surface area contributed by atoms with Gasteiger partial charge in [-0.05, 0) is 23.8 Å². The number of aliphatic hydroxyl groups excluding tert-OH is 1. The average molecular weight is 316 g/mol. The van der Waals surface area contributed by atoms with Gasteiger partial charge in [0.2, 0.25) is 0 Å². The molecule has 0 radical (unpaired) electrons. The molecule has 0 spiro atoms. The van der Waals surface area contributed by atoms with Crippen LogP contribution in [0.25, 0.3) is 10.9 Å². The molecule has 5 nitrogen and oxygen atoms in total. The number of rotatable bonds is 4. The number of hydrogen-bond donors (Lipinski definition) is 3. The van der Waals surface area contributed by atoms with Gasteiger partial charge in [-0.25, -0.2) is 0 Å². The number of amides is 1. The molecule has 1 unspecified atom stereocenters. The minimum Gasteiger partial charge on any atom is -0.394 e. The third-order valence-corrected chi connectivity index (χ3v) is 3.70. The van der Waals surface area contributed by atoms with Gasteiger partial charge in [-0.2, -0.15) is 5.10 Å². The number of carbonyl (C=O) groups excluding carboxylic acids is 1. The molecule has 112 valence electrons. The van der Waals surface area contributed by atoms with Crippen LogP contribution in [0.3, 0.4) is 0 Å². The van der Waals surface area contributed by atoms with Gasteiger partial charge in [-0.15, -0.1) is 0 Å². The second-order valence-corrected chi connectivity index (χ2v) is 5.31. The first-order valence-electron chi connectivity index (χ1n) is 6.79. The maximum absolute atomic E-state index is 12.4.